The summed E-state index contributed by atoms with van der Waals surface area (Å²) in [6.07, 6.45) is 0. The molecule has 0 spiro atoms. The molecule has 1 heterocycles. The summed E-state index contributed by atoms with van der Waals surface area (Å²) in [5.41, 5.74) is 4.68. The van der Waals surface area contributed by atoms with Crippen molar-refractivity contribution >= 4 is 11.6 Å². The first kappa shape index (κ1) is 14.9. The number of aromatic nitrogens is 2. The van der Waals surface area contributed by atoms with Crippen molar-refractivity contribution in [2.24, 2.45) is 7.05 Å². The Bertz CT molecular complexity index is 612. The van der Waals surface area contributed by atoms with E-state index in [9.17, 15) is 5.11 Å². The first-order valence-electron chi connectivity index (χ1n) is 6.45. The van der Waals surface area contributed by atoms with Crippen molar-refractivity contribution in [3.63, 3.8) is 0 Å². The van der Waals surface area contributed by atoms with Gasteiger partial charge in [0, 0.05) is 12.6 Å². The average molecular weight is 295 g/mol. The molecular formula is C15H19ClN2O2. The number of rotatable bonds is 4. The van der Waals surface area contributed by atoms with Gasteiger partial charge in [0.25, 0.3) is 0 Å². The van der Waals surface area contributed by atoms with E-state index in [-0.39, 0.29) is 6.61 Å². The molecule has 0 fully saturated rings. The molecule has 0 aliphatic heterocycles. The van der Waals surface area contributed by atoms with Crippen molar-refractivity contribution in [3.8, 4) is 5.75 Å². The highest BCUT2D eigenvalue weighted by molar-refractivity contribution is 6.30. The molecule has 0 saturated carbocycles. The van der Waals surface area contributed by atoms with Crippen LogP contribution in [0.4, 0.5) is 0 Å². The number of benzene rings is 1. The zero-order valence-electron chi connectivity index (χ0n) is 12.2. The molecule has 1 aromatic heterocycles. The largest absolute Gasteiger partial charge is 0.488 e. The van der Waals surface area contributed by atoms with E-state index in [1.807, 2.05) is 40.0 Å². The third kappa shape index (κ3) is 2.81. The van der Waals surface area contributed by atoms with E-state index >= 15 is 0 Å². The molecule has 2 rings (SSSR count). The molecule has 0 radical (unpaired) electrons. The summed E-state index contributed by atoms with van der Waals surface area (Å²) in [7, 11) is 1.81. The highest BCUT2D eigenvalue weighted by Crippen LogP contribution is 2.27. The lowest BCUT2D eigenvalue weighted by Gasteiger charge is -2.13. The van der Waals surface area contributed by atoms with Crippen LogP contribution in [-0.2, 0) is 20.3 Å². The molecule has 5 heteroatoms. The summed E-state index contributed by atoms with van der Waals surface area (Å²) in [6, 6.07) is 3.86. The summed E-state index contributed by atoms with van der Waals surface area (Å²) in [4.78, 5) is 0. The third-order valence-electron chi connectivity index (χ3n) is 3.33. The van der Waals surface area contributed by atoms with Gasteiger partial charge in [-0.1, -0.05) is 23.7 Å². The van der Waals surface area contributed by atoms with Crippen LogP contribution in [0.25, 0.3) is 0 Å². The van der Waals surface area contributed by atoms with Crippen molar-refractivity contribution in [1.82, 2.24) is 9.78 Å². The van der Waals surface area contributed by atoms with Crippen LogP contribution in [-0.4, -0.2) is 14.9 Å². The molecule has 0 bridgehead atoms. The van der Waals surface area contributed by atoms with Crippen LogP contribution < -0.4 is 4.74 Å². The Morgan fingerprint density at radius 3 is 2.30 bits per heavy atom. The molecule has 1 N–H and O–H groups in total. The molecule has 2 aromatic rings. The normalized spacial score (nSPS) is 10.9. The van der Waals surface area contributed by atoms with Gasteiger partial charge in [-0.15, -0.1) is 0 Å². The average Bonchev–Trinajstić information content (AvgIpc) is 2.63. The predicted molar refractivity (Wildman–Crippen MR) is 79.1 cm³/mol. The van der Waals surface area contributed by atoms with Crippen molar-refractivity contribution in [3.05, 3.63) is 45.2 Å². The quantitative estimate of drug-likeness (QED) is 0.943. The Kier molecular flexibility index (Phi) is 4.35. The second-order valence-corrected chi connectivity index (χ2v) is 5.34. The second kappa shape index (κ2) is 5.85. The summed E-state index contributed by atoms with van der Waals surface area (Å²) in [6.45, 7) is 6.28. The second-order valence-electron chi connectivity index (χ2n) is 4.98. The molecule has 20 heavy (non-hydrogen) atoms. The van der Waals surface area contributed by atoms with Crippen LogP contribution in [0.5, 0.6) is 5.75 Å². The Balaban J connectivity index is 2.23. The zero-order valence-corrected chi connectivity index (χ0v) is 13.0. The summed E-state index contributed by atoms with van der Waals surface area (Å²) in [5, 5.41) is 14.1. The van der Waals surface area contributed by atoms with E-state index in [0.717, 1.165) is 33.7 Å². The Morgan fingerprint density at radius 1 is 1.25 bits per heavy atom. The smallest absolute Gasteiger partial charge is 0.133 e. The van der Waals surface area contributed by atoms with Gasteiger partial charge in [-0.3, -0.25) is 4.68 Å². The Hall–Kier alpha value is -1.52. The molecule has 0 saturated heterocycles. The predicted octanol–water partition coefficient (Wildman–Crippen LogP) is 3.07. The van der Waals surface area contributed by atoms with E-state index in [1.54, 1.807) is 4.68 Å². The van der Waals surface area contributed by atoms with Gasteiger partial charge in [-0.2, -0.15) is 5.10 Å². The van der Waals surface area contributed by atoms with Gasteiger partial charge >= 0.3 is 0 Å². The van der Waals surface area contributed by atoms with Gasteiger partial charge in [0.15, 0.2) is 0 Å². The Morgan fingerprint density at radius 2 is 1.85 bits per heavy atom. The van der Waals surface area contributed by atoms with E-state index in [2.05, 4.69) is 5.10 Å². The van der Waals surface area contributed by atoms with Crippen LogP contribution in [0.2, 0.25) is 5.15 Å². The maximum Gasteiger partial charge on any atom is 0.133 e. The standard InChI is InChI=1S/C15H19ClN2O2/c1-9-5-12(7-19)6-10(2)14(9)20-8-13-11(3)17-18(4)15(13)16/h5-6,19H,7-8H2,1-4H3. The highest BCUT2D eigenvalue weighted by atomic mass is 35.5. The lowest BCUT2D eigenvalue weighted by molar-refractivity contribution is 0.280. The summed E-state index contributed by atoms with van der Waals surface area (Å²) < 4.78 is 7.55. The molecule has 0 atom stereocenters. The van der Waals surface area contributed by atoms with Gasteiger partial charge in [-0.05, 0) is 37.5 Å². The minimum atomic E-state index is 0.0372. The molecular weight excluding hydrogens is 276 g/mol. The van der Waals surface area contributed by atoms with Crippen molar-refractivity contribution in [2.45, 2.75) is 34.0 Å². The summed E-state index contributed by atoms with van der Waals surface area (Å²) in [5.74, 6) is 0.835. The van der Waals surface area contributed by atoms with E-state index in [1.165, 1.54) is 0 Å². The van der Waals surface area contributed by atoms with Crippen LogP contribution >= 0.6 is 11.6 Å². The fourth-order valence-corrected chi connectivity index (χ4v) is 2.57. The van der Waals surface area contributed by atoms with Crippen molar-refractivity contribution < 1.29 is 9.84 Å². The molecule has 0 aliphatic carbocycles. The maximum absolute atomic E-state index is 9.19. The van der Waals surface area contributed by atoms with Crippen LogP contribution in [0.15, 0.2) is 12.1 Å². The van der Waals surface area contributed by atoms with Crippen LogP contribution in [0, 0.1) is 20.8 Å². The van der Waals surface area contributed by atoms with Gasteiger partial charge < -0.3 is 9.84 Å². The highest BCUT2D eigenvalue weighted by Gasteiger charge is 2.13. The molecule has 0 unspecified atom stereocenters. The fourth-order valence-electron chi connectivity index (χ4n) is 2.34. The molecule has 0 amide bonds. The van der Waals surface area contributed by atoms with Gasteiger partial charge in [-0.25, -0.2) is 0 Å². The minimum absolute atomic E-state index is 0.0372. The number of nitrogens with zero attached hydrogens (tertiary/aromatic N) is 2. The van der Waals surface area contributed by atoms with Gasteiger partial charge in [0.1, 0.15) is 17.5 Å². The summed E-state index contributed by atoms with van der Waals surface area (Å²) >= 11 is 6.19. The first-order valence-corrected chi connectivity index (χ1v) is 6.83. The zero-order chi connectivity index (χ0) is 14.9. The first-order chi connectivity index (χ1) is 9.43. The van der Waals surface area contributed by atoms with E-state index < -0.39 is 0 Å². The molecule has 0 aliphatic rings. The van der Waals surface area contributed by atoms with Crippen LogP contribution in [0.1, 0.15) is 27.9 Å². The lowest BCUT2D eigenvalue weighted by atomic mass is 10.1. The third-order valence-corrected chi connectivity index (χ3v) is 3.81. The van der Waals surface area contributed by atoms with Gasteiger partial charge in [0.05, 0.1) is 12.3 Å². The van der Waals surface area contributed by atoms with E-state index in [4.69, 9.17) is 16.3 Å². The number of aliphatic hydroxyl groups excluding tert-OH is 1. The minimum Gasteiger partial charge on any atom is -0.488 e. The molecule has 1 aromatic carbocycles. The SMILES string of the molecule is Cc1cc(CO)cc(C)c1OCc1c(C)nn(C)c1Cl. The van der Waals surface area contributed by atoms with Crippen LogP contribution in [0.3, 0.4) is 0 Å². The topological polar surface area (TPSA) is 47.3 Å². The number of hydrogen-bond donors (Lipinski definition) is 1. The number of hydrogen-bond acceptors (Lipinski definition) is 3. The monoisotopic (exact) mass is 294 g/mol. The number of aliphatic hydroxyl groups is 1. The lowest BCUT2D eigenvalue weighted by Crippen LogP contribution is -2.01. The maximum atomic E-state index is 9.19. The van der Waals surface area contributed by atoms with Crippen molar-refractivity contribution in [2.75, 3.05) is 0 Å². The number of halogens is 1. The molecule has 4 nitrogen and oxygen atoms in total. The molecule has 108 valence electrons. The fraction of sp³-hybridized carbons (Fsp3) is 0.400. The van der Waals surface area contributed by atoms with Crippen molar-refractivity contribution in [1.29, 1.82) is 0 Å². The number of aryl methyl sites for hydroxylation is 4. The Labute approximate surface area is 123 Å². The van der Waals surface area contributed by atoms with E-state index in [0.29, 0.717) is 11.8 Å². The van der Waals surface area contributed by atoms with Gasteiger partial charge in [0.2, 0.25) is 0 Å². The number of ether oxygens (including phenoxy) is 1.